The molecule has 0 saturated heterocycles. The van der Waals surface area contributed by atoms with Crippen LogP contribution in [0.15, 0.2) is 34.3 Å². The van der Waals surface area contributed by atoms with Crippen LogP contribution >= 0.6 is 0 Å². The molecule has 0 aliphatic rings. The molecule has 11 heteroatoms. The van der Waals surface area contributed by atoms with Crippen LogP contribution in [-0.2, 0) is 4.84 Å². The Bertz CT molecular complexity index is 619. The zero-order valence-corrected chi connectivity index (χ0v) is 15.1. The van der Waals surface area contributed by atoms with Crippen LogP contribution in [0.5, 0.6) is 11.5 Å². The van der Waals surface area contributed by atoms with E-state index in [2.05, 4.69) is 20.2 Å². The van der Waals surface area contributed by atoms with Crippen LogP contribution < -0.4 is 26.4 Å². The third-order valence-electron chi connectivity index (χ3n) is 2.69. The lowest BCUT2D eigenvalue weighted by atomic mass is 10.3. The Morgan fingerprint density at radius 3 is 2.22 bits per heavy atom. The topological polar surface area (TPSA) is 116 Å². The first-order valence-corrected chi connectivity index (χ1v) is 8.13. The highest BCUT2D eigenvalue weighted by molar-refractivity contribution is 5.92. The Labute approximate surface area is 155 Å². The summed E-state index contributed by atoms with van der Waals surface area (Å²) in [6, 6.07) is 5.85. The quantitative estimate of drug-likeness (QED) is 0.256. The fourth-order valence-corrected chi connectivity index (χ4v) is 1.68. The minimum absolute atomic E-state index is 0.00452. The summed E-state index contributed by atoms with van der Waals surface area (Å²) in [6.45, 7) is 2.98. The van der Waals surface area contributed by atoms with Gasteiger partial charge in [0.15, 0.2) is 6.61 Å². The van der Waals surface area contributed by atoms with Gasteiger partial charge >= 0.3 is 6.18 Å². The first-order valence-electron chi connectivity index (χ1n) is 8.13. The van der Waals surface area contributed by atoms with E-state index in [0.717, 1.165) is 0 Å². The van der Waals surface area contributed by atoms with Crippen molar-refractivity contribution in [2.75, 3.05) is 19.8 Å². The zero-order valence-electron chi connectivity index (χ0n) is 15.1. The number of hydrogen-bond donors (Lipinski definition) is 3. The van der Waals surface area contributed by atoms with E-state index in [4.69, 9.17) is 21.0 Å². The number of nitrogens with two attached hydrogens (primary N) is 2. The minimum atomic E-state index is -4.37. The summed E-state index contributed by atoms with van der Waals surface area (Å²) < 4.78 is 46.2. The van der Waals surface area contributed by atoms with Crippen molar-refractivity contribution in [2.24, 2.45) is 21.5 Å². The predicted octanol–water partition coefficient (Wildman–Crippen LogP) is 1.96. The summed E-state index contributed by atoms with van der Waals surface area (Å²) >= 11 is 0. The molecular formula is C16H24F3N5O3. The number of nitrogens with zero attached hydrogens (tertiary/aromatic N) is 2. The first-order chi connectivity index (χ1) is 12.7. The van der Waals surface area contributed by atoms with E-state index in [9.17, 15) is 13.2 Å². The average molecular weight is 391 g/mol. The van der Waals surface area contributed by atoms with Crippen molar-refractivity contribution in [1.29, 1.82) is 0 Å². The van der Waals surface area contributed by atoms with E-state index in [1.54, 1.807) is 0 Å². The van der Waals surface area contributed by atoms with Gasteiger partial charge in [-0.2, -0.15) is 18.2 Å². The number of halogens is 3. The number of rotatable bonds is 9. The average Bonchev–Trinajstić information content (AvgIpc) is 2.55. The smallest absolute Gasteiger partial charge is 0.422 e. The van der Waals surface area contributed by atoms with Gasteiger partial charge in [0.25, 0.3) is 0 Å². The number of nitrogens with one attached hydrogen (secondary N) is 1. The van der Waals surface area contributed by atoms with E-state index in [1.807, 2.05) is 13.8 Å². The van der Waals surface area contributed by atoms with E-state index in [1.165, 1.54) is 24.3 Å². The van der Waals surface area contributed by atoms with Crippen molar-refractivity contribution >= 4 is 11.9 Å². The molecule has 0 atom stereocenters. The van der Waals surface area contributed by atoms with Crippen LogP contribution in [-0.4, -0.2) is 44.0 Å². The highest BCUT2D eigenvalue weighted by atomic mass is 19.4. The standard InChI is InChI=1S/C16H24F3N5O3/c1-11(2)22-14(20)23-15(21)24-27-9-3-8-25-12-4-6-13(7-5-12)26-10-16(17,18)19/h4-7,11H,3,8-10H2,1-2H3,(H5,20,21,22,23,24). The second-order valence-electron chi connectivity index (χ2n) is 5.61. The molecule has 8 nitrogen and oxygen atoms in total. The summed E-state index contributed by atoms with van der Waals surface area (Å²) in [5.41, 5.74) is 13.5. The SMILES string of the molecule is CC(C)N=C(N)N=C(N)NOCCCOc1ccc(OCC(F)(F)F)cc1. The van der Waals surface area contributed by atoms with Crippen molar-refractivity contribution in [3.05, 3.63) is 24.3 Å². The van der Waals surface area contributed by atoms with Crippen molar-refractivity contribution < 1.29 is 27.5 Å². The zero-order chi connectivity index (χ0) is 20.3. The second kappa shape index (κ2) is 11.1. The lowest BCUT2D eigenvalue weighted by molar-refractivity contribution is -0.153. The molecule has 0 aliphatic heterocycles. The largest absolute Gasteiger partial charge is 0.494 e. The Kier molecular flexibility index (Phi) is 9.20. The maximum Gasteiger partial charge on any atom is 0.422 e. The van der Waals surface area contributed by atoms with Crippen LogP contribution in [0.3, 0.4) is 0 Å². The van der Waals surface area contributed by atoms with E-state index in [0.29, 0.717) is 18.8 Å². The molecule has 152 valence electrons. The molecular weight excluding hydrogens is 367 g/mol. The Balaban J connectivity index is 2.20. The van der Waals surface area contributed by atoms with Gasteiger partial charge in [0.1, 0.15) is 11.5 Å². The highest BCUT2D eigenvalue weighted by Crippen LogP contribution is 2.21. The summed E-state index contributed by atoms with van der Waals surface area (Å²) in [5.74, 6) is 0.639. The van der Waals surface area contributed by atoms with Gasteiger partial charge < -0.3 is 20.9 Å². The molecule has 27 heavy (non-hydrogen) atoms. The molecule has 0 saturated carbocycles. The van der Waals surface area contributed by atoms with Gasteiger partial charge in [-0.05, 0) is 38.1 Å². The molecule has 0 fully saturated rings. The molecule has 5 N–H and O–H groups in total. The maximum atomic E-state index is 12.1. The van der Waals surface area contributed by atoms with Crippen LogP contribution in [0.2, 0.25) is 0 Å². The number of aliphatic imine (C=N–C) groups is 2. The number of guanidine groups is 2. The van der Waals surface area contributed by atoms with Crippen LogP contribution in [0, 0.1) is 0 Å². The second-order valence-corrected chi connectivity index (χ2v) is 5.61. The normalized spacial score (nSPS) is 13.0. The Hall–Kier alpha value is -2.69. The molecule has 1 aromatic rings. The Morgan fingerprint density at radius 1 is 1.07 bits per heavy atom. The molecule has 0 aromatic heterocycles. The molecule has 0 amide bonds. The van der Waals surface area contributed by atoms with Crippen LogP contribution in [0.25, 0.3) is 0 Å². The van der Waals surface area contributed by atoms with Gasteiger partial charge in [0, 0.05) is 12.5 Å². The number of hydrogen-bond acceptors (Lipinski definition) is 4. The van der Waals surface area contributed by atoms with Crippen molar-refractivity contribution in [3.63, 3.8) is 0 Å². The molecule has 0 radical (unpaired) electrons. The third-order valence-corrected chi connectivity index (χ3v) is 2.69. The van der Waals surface area contributed by atoms with Crippen molar-refractivity contribution in [2.45, 2.75) is 32.5 Å². The Morgan fingerprint density at radius 2 is 1.67 bits per heavy atom. The summed E-state index contributed by atoms with van der Waals surface area (Å²) in [5, 5.41) is 0. The third kappa shape index (κ3) is 11.5. The van der Waals surface area contributed by atoms with Gasteiger partial charge in [-0.3, -0.25) is 4.84 Å². The van der Waals surface area contributed by atoms with Gasteiger partial charge in [-0.1, -0.05) is 0 Å². The molecule has 0 heterocycles. The maximum absolute atomic E-state index is 12.1. The monoisotopic (exact) mass is 391 g/mol. The van der Waals surface area contributed by atoms with Crippen molar-refractivity contribution in [3.8, 4) is 11.5 Å². The van der Waals surface area contributed by atoms with Gasteiger partial charge in [0.2, 0.25) is 11.9 Å². The number of alkyl halides is 3. The molecule has 0 aliphatic carbocycles. The van der Waals surface area contributed by atoms with Gasteiger partial charge in [-0.15, -0.1) is 0 Å². The van der Waals surface area contributed by atoms with E-state index >= 15 is 0 Å². The number of ether oxygens (including phenoxy) is 2. The molecule has 1 aromatic carbocycles. The fraction of sp³-hybridized carbons (Fsp3) is 0.500. The lowest BCUT2D eigenvalue weighted by Crippen LogP contribution is -2.34. The molecule has 0 unspecified atom stereocenters. The van der Waals surface area contributed by atoms with Crippen LogP contribution in [0.1, 0.15) is 20.3 Å². The fourth-order valence-electron chi connectivity index (χ4n) is 1.68. The minimum Gasteiger partial charge on any atom is -0.494 e. The molecule has 1 rings (SSSR count). The lowest BCUT2D eigenvalue weighted by Gasteiger charge is -2.10. The van der Waals surface area contributed by atoms with Crippen LogP contribution in [0.4, 0.5) is 13.2 Å². The van der Waals surface area contributed by atoms with Gasteiger partial charge in [-0.25, -0.2) is 10.5 Å². The number of benzene rings is 1. The summed E-state index contributed by atoms with van der Waals surface area (Å²) in [7, 11) is 0. The van der Waals surface area contributed by atoms with E-state index in [-0.39, 0.29) is 30.3 Å². The van der Waals surface area contributed by atoms with E-state index < -0.39 is 12.8 Å². The number of hydroxylamine groups is 1. The van der Waals surface area contributed by atoms with Gasteiger partial charge in [0.05, 0.1) is 13.2 Å². The molecule has 0 bridgehead atoms. The van der Waals surface area contributed by atoms with Crippen molar-refractivity contribution in [1.82, 2.24) is 5.48 Å². The first kappa shape index (κ1) is 22.4. The molecule has 0 spiro atoms. The summed E-state index contributed by atoms with van der Waals surface area (Å²) in [4.78, 5) is 12.9. The predicted molar refractivity (Wildman–Crippen MR) is 95.6 cm³/mol. The summed E-state index contributed by atoms with van der Waals surface area (Å²) in [6.07, 6.45) is -3.84. The highest BCUT2D eigenvalue weighted by Gasteiger charge is 2.28.